The van der Waals surface area contributed by atoms with Gasteiger partial charge in [0.2, 0.25) is 23.6 Å². The fourth-order valence-electron chi connectivity index (χ4n) is 6.27. The number of likely N-dealkylation sites (tertiary alicyclic amines) is 1. The molecule has 4 unspecified atom stereocenters. The van der Waals surface area contributed by atoms with Crippen molar-refractivity contribution in [3.05, 3.63) is 134 Å². The number of nitrogens with one attached hydrogen (secondary N) is 4. The Bertz CT molecular complexity index is 2260. The molecule has 0 aromatic heterocycles. The Labute approximate surface area is 370 Å². The lowest BCUT2D eigenvalue weighted by atomic mass is 10.0. The molecule has 5 rings (SSSR count). The average molecular weight is 886 g/mol. The number of rotatable bonds is 14. The fraction of sp³-hybridized carbons (Fsp3) is 0.340. The zero-order valence-corrected chi connectivity index (χ0v) is 37.5. The second-order valence-corrected chi connectivity index (χ2v) is 17.3. The molecule has 1 saturated carbocycles. The monoisotopic (exact) mass is 885 g/mol. The molecule has 0 radical (unpaired) electrons. The maximum Gasteiger partial charge on any atom is 0.408 e. The van der Waals surface area contributed by atoms with E-state index in [1.807, 2.05) is 55.5 Å². The van der Waals surface area contributed by atoms with E-state index in [0.717, 1.165) is 34.1 Å². The van der Waals surface area contributed by atoms with E-state index in [4.69, 9.17) is 9.47 Å². The van der Waals surface area contributed by atoms with E-state index in [0.29, 0.717) is 25.8 Å². The summed E-state index contributed by atoms with van der Waals surface area (Å²) in [7, 11) is -0.600. The van der Waals surface area contributed by atoms with E-state index in [9.17, 15) is 37.5 Å². The number of carbonyl (C=O) groups is 5. The summed E-state index contributed by atoms with van der Waals surface area (Å²) in [4.78, 5) is 61.5. The molecule has 16 heteroatoms. The third-order valence-corrected chi connectivity index (χ3v) is 11.0. The molecule has 0 bridgehead atoms. The zero-order valence-electron chi connectivity index (χ0n) is 36.7. The Morgan fingerprint density at radius 1 is 0.968 bits per heavy atom. The lowest BCUT2D eigenvalue weighted by Crippen LogP contribution is -2.57. The Hall–Kier alpha value is -6.68. The van der Waals surface area contributed by atoms with Gasteiger partial charge in [-0.2, -0.15) is 0 Å². The quantitative estimate of drug-likeness (QED) is 0.0565. The highest BCUT2D eigenvalue weighted by Crippen LogP contribution is 2.39. The number of aliphatic hydroxyl groups is 1. The van der Waals surface area contributed by atoms with E-state index in [-0.39, 0.29) is 34.9 Å². The maximum atomic E-state index is 12.9. The van der Waals surface area contributed by atoms with Crippen molar-refractivity contribution < 1.29 is 47.0 Å². The number of allylic oxidation sites excluding steroid dienone is 3. The SMILES string of the molecule is C=C(/C=C(/O)c1ccc(OC)cc1C)c1ccccc1.C=CC(=O)NCC(NC(=O)OC(C)(C)C)C(=O)N1CCCC1C(=O)NC.C=CC1CC1C(=O)NS(=O)(=O)c1ccccc1. The minimum atomic E-state index is -3.73. The molecule has 2 fully saturated rings. The molecule has 15 nitrogen and oxygen atoms in total. The molecule has 63 heavy (non-hydrogen) atoms. The number of aliphatic hydroxyl groups excluding tert-OH is 1. The summed E-state index contributed by atoms with van der Waals surface area (Å²) in [5.41, 5.74) is 2.77. The number of hydrogen-bond acceptors (Lipinski definition) is 10. The number of sulfonamides is 1. The molecule has 4 atom stereocenters. The first-order chi connectivity index (χ1) is 29.7. The molecule has 3 aromatic carbocycles. The van der Waals surface area contributed by atoms with Gasteiger partial charge >= 0.3 is 6.09 Å². The highest BCUT2D eigenvalue weighted by molar-refractivity contribution is 7.90. The molecule has 1 aliphatic carbocycles. The summed E-state index contributed by atoms with van der Waals surface area (Å²) >= 11 is 0. The van der Waals surface area contributed by atoms with Crippen LogP contribution < -0.4 is 25.4 Å². The number of nitrogens with zero attached hydrogens (tertiary/aromatic N) is 1. The van der Waals surface area contributed by atoms with Gasteiger partial charge in [-0.05, 0) is 112 Å². The molecule has 1 saturated heterocycles. The Morgan fingerprint density at radius 2 is 1.60 bits per heavy atom. The van der Waals surface area contributed by atoms with Crippen molar-refractivity contribution in [2.45, 2.75) is 69.5 Å². The standard InChI is InChI=1S/C18H18O2.C17H28N4O5.C12H13NO3S/c1-13(15-7-5-4-6-8-15)12-18(19)17-10-9-16(20-3)11-14(17)2;1-6-13(22)19-10-11(20-16(25)26-17(2,3)4)15(24)21-9-7-8-12(21)14(23)18-5;1-2-9-8-11(9)12(14)13-17(15,16)10-6-4-3-5-7-10/h4-12,19H,1H2,2-3H3;6,11-12H,1,7-10H2,2-5H3,(H,18,23)(H,19,22)(H,20,25);2-7,9,11H,1,8H2,(H,13,14)/b18-12+;;. The molecule has 338 valence electrons. The van der Waals surface area contributed by atoms with Gasteiger partial charge in [0, 0.05) is 31.6 Å². The van der Waals surface area contributed by atoms with E-state index >= 15 is 0 Å². The number of likely N-dealkylation sites (N-methyl/N-ethyl adjacent to an activating group) is 1. The molecular weight excluding hydrogens is 827 g/mol. The molecule has 2 aliphatic rings. The summed E-state index contributed by atoms with van der Waals surface area (Å²) in [6.07, 6.45) is 5.56. The van der Waals surface area contributed by atoms with Gasteiger partial charge in [0.05, 0.1) is 12.0 Å². The number of hydrogen-bond donors (Lipinski definition) is 5. The second kappa shape index (κ2) is 23.5. The smallest absolute Gasteiger partial charge is 0.408 e. The summed E-state index contributed by atoms with van der Waals surface area (Å²) < 4.78 is 36.0. The van der Waals surface area contributed by atoms with Crippen LogP contribution >= 0.6 is 0 Å². The van der Waals surface area contributed by atoms with Gasteiger partial charge in [-0.15, -0.1) is 6.58 Å². The van der Waals surface area contributed by atoms with E-state index < -0.39 is 51.5 Å². The van der Waals surface area contributed by atoms with Crippen LogP contribution in [0.4, 0.5) is 4.79 Å². The van der Waals surface area contributed by atoms with Crippen LogP contribution in [0.15, 0.2) is 122 Å². The van der Waals surface area contributed by atoms with Crippen LogP contribution in [0.25, 0.3) is 11.3 Å². The third-order valence-electron chi connectivity index (χ3n) is 9.67. The first-order valence-electron chi connectivity index (χ1n) is 20.2. The summed E-state index contributed by atoms with van der Waals surface area (Å²) in [5.74, 6) is -0.781. The average Bonchev–Trinajstić information content (AvgIpc) is 3.90. The van der Waals surface area contributed by atoms with Gasteiger partial charge in [0.15, 0.2) is 0 Å². The number of methoxy groups -OCH3 is 1. The van der Waals surface area contributed by atoms with Gasteiger partial charge in [-0.1, -0.05) is 67.8 Å². The summed E-state index contributed by atoms with van der Waals surface area (Å²) in [6.45, 7) is 18.2. The van der Waals surface area contributed by atoms with Crippen molar-refractivity contribution in [1.82, 2.24) is 25.6 Å². The van der Waals surface area contributed by atoms with Crippen molar-refractivity contribution >= 4 is 51.1 Å². The molecular formula is C47H59N5O10S. The molecule has 5 N–H and O–H groups in total. The van der Waals surface area contributed by atoms with Crippen molar-refractivity contribution in [2.24, 2.45) is 11.8 Å². The van der Waals surface area contributed by atoms with Crippen LogP contribution in [-0.4, -0.2) is 93.1 Å². The van der Waals surface area contributed by atoms with Crippen LogP contribution in [0.5, 0.6) is 5.75 Å². The Kier molecular flexibility index (Phi) is 18.9. The number of amides is 5. The largest absolute Gasteiger partial charge is 0.507 e. The van der Waals surface area contributed by atoms with Crippen LogP contribution in [0.1, 0.15) is 56.7 Å². The van der Waals surface area contributed by atoms with E-state index in [2.05, 4.69) is 40.4 Å². The van der Waals surface area contributed by atoms with E-state index in [1.54, 1.807) is 58.2 Å². The van der Waals surface area contributed by atoms with Crippen LogP contribution in [0.3, 0.4) is 0 Å². The minimum absolute atomic E-state index is 0.101. The van der Waals surface area contributed by atoms with Crippen LogP contribution in [0, 0.1) is 18.8 Å². The van der Waals surface area contributed by atoms with Gasteiger partial charge < -0.3 is 35.4 Å². The highest BCUT2D eigenvalue weighted by atomic mass is 32.2. The number of alkyl carbamates (subject to hydrolysis) is 1. The second-order valence-electron chi connectivity index (χ2n) is 15.6. The third kappa shape index (κ3) is 15.9. The predicted octanol–water partition coefficient (Wildman–Crippen LogP) is 5.85. The Morgan fingerprint density at radius 3 is 2.14 bits per heavy atom. The fourth-order valence-corrected chi connectivity index (χ4v) is 7.32. The first-order valence-corrected chi connectivity index (χ1v) is 21.7. The van der Waals surface area contributed by atoms with Crippen molar-refractivity contribution in [3.63, 3.8) is 0 Å². The molecule has 5 amide bonds. The molecule has 1 heterocycles. The number of aryl methyl sites for hydroxylation is 1. The van der Waals surface area contributed by atoms with Gasteiger partial charge in [-0.3, -0.25) is 19.2 Å². The number of benzene rings is 3. The summed E-state index contributed by atoms with van der Waals surface area (Å²) in [6, 6.07) is 21.6. The number of ether oxygens (including phenoxy) is 2. The predicted molar refractivity (Wildman–Crippen MR) is 243 cm³/mol. The zero-order chi connectivity index (χ0) is 46.9. The van der Waals surface area contributed by atoms with Crippen molar-refractivity contribution in [1.29, 1.82) is 0 Å². The molecule has 1 aliphatic heterocycles. The lowest BCUT2D eigenvalue weighted by Gasteiger charge is -2.29. The minimum Gasteiger partial charge on any atom is -0.507 e. The maximum absolute atomic E-state index is 12.9. The molecule has 0 spiro atoms. The van der Waals surface area contributed by atoms with Gasteiger partial charge in [-0.25, -0.2) is 17.9 Å². The molecule has 3 aromatic rings. The van der Waals surface area contributed by atoms with Crippen LogP contribution in [0.2, 0.25) is 0 Å². The first kappa shape index (κ1) is 50.7. The lowest BCUT2D eigenvalue weighted by molar-refractivity contribution is -0.139. The van der Waals surface area contributed by atoms with Crippen LogP contribution in [-0.2, 0) is 33.9 Å². The summed E-state index contributed by atoms with van der Waals surface area (Å²) in [5, 5.41) is 17.8. The van der Waals surface area contributed by atoms with Gasteiger partial charge in [0.25, 0.3) is 10.0 Å². The van der Waals surface area contributed by atoms with Crippen molar-refractivity contribution in [2.75, 3.05) is 27.2 Å². The Balaban J connectivity index is 0.000000257. The number of carbonyl (C=O) groups excluding carboxylic acids is 5. The van der Waals surface area contributed by atoms with E-state index in [1.165, 1.54) is 24.1 Å². The van der Waals surface area contributed by atoms with Gasteiger partial charge in [0.1, 0.15) is 29.2 Å². The highest BCUT2D eigenvalue weighted by Gasteiger charge is 2.42. The topological polar surface area (TPSA) is 210 Å². The van der Waals surface area contributed by atoms with Crippen molar-refractivity contribution in [3.8, 4) is 5.75 Å². The normalized spacial score (nSPS) is 17.1.